The van der Waals surface area contributed by atoms with E-state index in [0.717, 1.165) is 16.3 Å². The van der Waals surface area contributed by atoms with E-state index in [1.54, 1.807) is 11.3 Å². The van der Waals surface area contributed by atoms with Crippen molar-refractivity contribution in [3.05, 3.63) is 45.9 Å². The van der Waals surface area contributed by atoms with Gasteiger partial charge in [0.1, 0.15) is 0 Å². The van der Waals surface area contributed by atoms with Crippen molar-refractivity contribution in [2.45, 2.75) is 26.3 Å². The number of nitrogens with one attached hydrogen (secondary N) is 2. The highest BCUT2D eigenvalue weighted by molar-refractivity contribution is 7.11. The monoisotopic (exact) mass is 332 g/mol. The van der Waals surface area contributed by atoms with Gasteiger partial charge in [-0.15, -0.1) is 11.3 Å². The van der Waals surface area contributed by atoms with Crippen molar-refractivity contribution in [1.29, 1.82) is 0 Å². The molecule has 2 N–H and O–H groups in total. The van der Waals surface area contributed by atoms with Crippen molar-refractivity contribution in [2.24, 2.45) is 0 Å². The fourth-order valence-corrected chi connectivity index (χ4v) is 2.95. The molecule has 23 heavy (non-hydrogen) atoms. The molecule has 5 nitrogen and oxygen atoms in total. The third-order valence-electron chi connectivity index (χ3n) is 3.51. The molecule has 1 aromatic heterocycles. The number of aromatic nitrogens is 1. The second-order valence-corrected chi connectivity index (χ2v) is 7.10. The number of carbonyl (C=O) groups excluding carboxylic acids is 1. The predicted octanol–water partition coefficient (Wildman–Crippen LogP) is 3.12. The van der Waals surface area contributed by atoms with Crippen LogP contribution in [0, 0.1) is 6.92 Å². The zero-order valence-corrected chi connectivity index (χ0v) is 14.9. The molecule has 0 unspecified atom stereocenters. The van der Waals surface area contributed by atoms with E-state index in [2.05, 4.69) is 28.6 Å². The number of nitrogens with zero attached hydrogens (tertiary/aromatic N) is 2. The van der Waals surface area contributed by atoms with E-state index in [9.17, 15) is 4.79 Å². The molecule has 0 fully saturated rings. The number of urea groups is 1. The maximum absolute atomic E-state index is 11.9. The number of rotatable bonds is 6. The zero-order chi connectivity index (χ0) is 16.8. The van der Waals surface area contributed by atoms with E-state index in [0.29, 0.717) is 13.1 Å². The maximum atomic E-state index is 11.9. The number of aryl methyl sites for hydroxylation is 1. The fraction of sp³-hybridized carbons (Fsp3) is 0.412. The first-order valence-corrected chi connectivity index (χ1v) is 8.47. The number of benzene rings is 1. The summed E-state index contributed by atoms with van der Waals surface area (Å²) in [6.07, 6.45) is 1.87. The van der Waals surface area contributed by atoms with Crippen LogP contribution < -0.4 is 15.5 Å². The van der Waals surface area contributed by atoms with Crippen LogP contribution in [0.2, 0.25) is 0 Å². The van der Waals surface area contributed by atoms with Crippen molar-refractivity contribution in [3.8, 4) is 0 Å². The third-order valence-corrected chi connectivity index (χ3v) is 4.65. The van der Waals surface area contributed by atoms with E-state index in [-0.39, 0.29) is 11.9 Å². The Morgan fingerprint density at radius 3 is 2.78 bits per heavy atom. The SMILES string of the molecule is Cc1cnc([C@@H](C)CNC(=O)NCc2cccc(N(C)C)c2)s1. The normalized spacial score (nSPS) is 11.8. The quantitative estimate of drug-likeness (QED) is 0.854. The van der Waals surface area contributed by atoms with Crippen molar-refractivity contribution >= 4 is 23.1 Å². The molecule has 2 amide bonds. The molecule has 0 saturated carbocycles. The van der Waals surface area contributed by atoms with E-state index in [4.69, 9.17) is 0 Å². The summed E-state index contributed by atoms with van der Waals surface area (Å²) < 4.78 is 0. The Bertz CT molecular complexity index is 654. The molecule has 6 heteroatoms. The summed E-state index contributed by atoms with van der Waals surface area (Å²) in [5, 5.41) is 6.85. The number of thiazole rings is 1. The van der Waals surface area contributed by atoms with E-state index in [1.165, 1.54) is 4.88 Å². The highest BCUT2D eigenvalue weighted by Crippen LogP contribution is 2.20. The Balaban J connectivity index is 1.78. The first-order chi connectivity index (χ1) is 11.0. The van der Waals surface area contributed by atoms with Gasteiger partial charge in [0.05, 0.1) is 5.01 Å². The van der Waals surface area contributed by atoms with Gasteiger partial charge < -0.3 is 15.5 Å². The van der Waals surface area contributed by atoms with Crippen LogP contribution in [0.15, 0.2) is 30.5 Å². The number of hydrogen-bond donors (Lipinski definition) is 2. The molecule has 1 atom stereocenters. The Morgan fingerprint density at radius 2 is 2.13 bits per heavy atom. The largest absolute Gasteiger partial charge is 0.378 e. The summed E-state index contributed by atoms with van der Waals surface area (Å²) >= 11 is 1.67. The molecular weight excluding hydrogens is 308 g/mol. The lowest BCUT2D eigenvalue weighted by Crippen LogP contribution is -2.37. The van der Waals surface area contributed by atoms with Crippen LogP contribution >= 0.6 is 11.3 Å². The predicted molar refractivity (Wildman–Crippen MR) is 96.3 cm³/mol. The smallest absolute Gasteiger partial charge is 0.315 e. The Hall–Kier alpha value is -2.08. The maximum Gasteiger partial charge on any atom is 0.315 e. The first kappa shape index (κ1) is 17.3. The van der Waals surface area contributed by atoms with Gasteiger partial charge in [-0.3, -0.25) is 0 Å². The van der Waals surface area contributed by atoms with Gasteiger partial charge in [0, 0.05) is 49.9 Å². The van der Waals surface area contributed by atoms with Crippen molar-refractivity contribution in [1.82, 2.24) is 15.6 Å². The summed E-state index contributed by atoms with van der Waals surface area (Å²) in [5.41, 5.74) is 2.20. The van der Waals surface area contributed by atoms with E-state index < -0.39 is 0 Å². The van der Waals surface area contributed by atoms with Gasteiger partial charge in [0.15, 0.2) is 0 Å². The second-order valence-electron chi connectivity index (χ2n) is 5.84. The Labute approximate surface area is 141 Å². The lowest BCUT2D eigenvalue weighted by Gasteiger charge is -2.14. The summed E-state index contributed by atoms with van der Waals surface area (Å²) in [4.78, 5) is 19.5. The minimum Gasteiger partial charge on any atom is -0.378 e. The molecule has 1 aromatic carbocycles. The van der Waals surface area contributed by atoms with E-state index in [1.807, 2.05) is 50.3 Å². The van der Waals surface area contributed by atoms with E-state index >= 15 is 0 Å². The molecule has 0 aliphatic heterocycles. The molecule has 2 aromatic rings. The second kappa shape index (κ2) is 7.97. The molecule has 0 aliphatic rings. The van der Waals surface area contributed by atoms with Gasteiger partial charge in [0.2, 0.25) is 0 Å². The van der Waals surface area contributed by atoms with Crippen molar-refractivity contribution < 1.29 is 4.79 Å². The number of hydrogen-bond acceptors (Lipinski definition) is 4. The molecule has 0 spiro atoms. The number of amides is 2. The molecule has 2 rings (SSSR count). The first-order valence-electron chi connectivity index (χ1n) is 7.66. The molecular formula is C17H24N4OS. The van der Waals surface area contributed by atoms with Gasteiger partial charge in [-0.25, -0.2) is 9.78 Å². The van der Waals surface area contributed by atoms with Gasteiger partial charge in [-0.2, -0.15) is 0 Å². The summed E-state index contributed by atoms with van der Waals surface area (Å²) in [6, 6.07) is 7.97. The minimum absolute atomic E-state index is 0.152. The Kier molecular flexibility index (Phi) is 5.98. The fourth-order valence-electron chi connectivity index (χ4n) is 2.12. The van der Waals surface area contributed by atoms with Crippen LogP contribution in [0.5, 0.6) is 0 Å². The molecule has 124 valence electrons. The highest BCUT2D eigenvalue weighted by Gasteiger charge is 2.11. The summed E-state index contributed by atoms with van der Waals surface area (Å²) in [5.74, 6) is 0.219. The Morgan fingerprint density at radius 1 is 1.35 bits per heavy atom. The third kappa shape index (κ3) is 5.25. The topological polar surface area (TPSA) is 57.3 Å². The highest BCUT2D eigenvalue weighted by atomic mass is 32.1. The van der Waals surface area contributed by atoms with Gasteiger partial charge in [-0.1, -0.05) is 19.1 Å². The average molecular weight is 332 g/mol. The number of anilines is 1. The zero-order valence-electron chi connectivity index (χ0n) is 14.1. The summed E-state index contributed by atoms with van der Waals surface area (Å²) in [6.45, 7) is 5.20. The minimum atomic E-state index is -0.152. The van der Waals surface area contributed by atoms with Gasteiger partial charge in [0.25, 0.3) is 0 Å². The van der Waals surface area contributed by atoms with Crippen LogP contribution in [0.25, 0.3) is 0 Å². The molecule has 0 saturated heterocycles. The van der Waals surface area contributed by atoms with Crippen molar-refractivity contribution in [3.63, 3.8) is 0 Å². The standard InChI is InChI=1S/C17H24N4OS/c1-12(16-18-10-13(2)23-16)9-19-17(22)20-11-14-6-5-7-15(8-14)21(3)4/h5-8,10,12H,9,11H2,1-4H3,(H2,19,20,22)/t12-/m0/s1. The molecule has 0 aliphatic carbocycles. The molecule has 0 radical (unpaired) electrons. The van der Waals surface area contributed by atoms with Crippen LogP contribution in [0.3, 0.4) is 0 Å². The van der Waals surface area contributed by atoms with Crippen LogP contribution in [0.4, 0.5) is 10.5 Å². The lowest BCUT2D eigenvalue weighted by molar-refractivity contribution is 0.240. The van der Waals surface area contributed by atoms with Crippen LogP contribution in [-0.2, 0) is 6.54 Å². The molecule has 0 bridgehead atoms. The molecule has 1 heterocycles. The number of carbonyl (C=O) groups is 1. The van der Waals surface area contributed by atoms with Crippen molar-refractivity contribution in [2.75, 3.05) is 25.5 Å². The van der Waals surface area contributed by atoms with Gasteiger partial charge in [-0.05, 0) is 24.6 Å². The summed E-state index contributed by atoms with van der Waals surface area (Å²) in [7, 11) is 4.00. The van der Waals surface area contributed by atoms with Crippen LogP contribution in [0.1, 0.15) is 28.3 Å². The van der Waals surface area contributed by atoms with Gasteiger partial charge >= 0.3 is 6.03 Å². The lowest BCUT2D eigenvalue weighted by atomic mass is 10.2. The average Bonchev–Trinajstić information content (AvgIpc) is 2.97. The van der Waals surface area contributed by atoms with Crippen LogP contribution in [-0.4, -0.2) is 31.7 Å².